The SMILES string of the molecule is O=[N+]([O-])c1ccc(S(=O)(=O)c2ccc(Cl)c(C(F)(F)F)c2)cc1. The van der Waals surface area contributed by atoms with E-state index in [-0.39, 0.29) is 10.6 Å². The van der Waals surface area contributed by atoms with Crippen LogP contribution in [-0.4, -0.2) is 13.3 Å². The number of alkyl halides is 3. The summed E-state index contributed by atoms with van der Waals surface area (Å²) in [6.07, 6.45) is -4.81. The lowest BCUT2D eigenvalue weighted by atomic mass is 10.2. The maximum atomic E-state index is 12.8. The highest BCUT2D eigenvalue weighted by molar-refractivity contribution is 7.91. The van der Waals surface area contributed by atoms with Gasteiger partial charge in [0.25, 0.3) is 5.69 Å². The Morgan fingerprint density at radius 3 is 2.00 bits per heavy atom. The molecule has 0 saturated carbocycles. The zero-order chi connectivity index (χ0) is 17.4. The van der Waals surface area contributed by atoms with Crippen molar-refractivity contribution in [1.29, 1.82) is 0 Å². The average Bonchev–Trinajstić information content (AvgIpc) is 2.46. The van der Waals surface area contributed by atoms with E-state index in [9.17, 15) is 31.7 Å². The largest absolute Gasteiger partial charge is 0.417 e. The highest BCUT2D eigenvalue weighted by Gasteiger charge is 2.34. The van der Waals surface area contributed by atoms with Crippen LogP contribution in [0.3, 0.4) is 0 Å². The van der Waals surface area contributed by atoms with E-state index in [4.69, 9.17) is 11.6 Å². The fourth-order valence-corrected chi connectivity index (χ4v) is 3.28. The lowest BCUT2D eigenvalue weighted by molar-refractivity contribution is -0.384. The van der Waals surface area contributed by atoms with Crippen LogP contribution in [0.25, 0.3) is 0 Å². The molecule has 2 rings (SSSR count). The smallest absolute Gasteiger partial charge is 0.258 e. The van der Waals surface area contributed by atoms with Crippen LogP contribution in [0.4, 0.5) is 18.9 Å². The van der Waals surface area contributed by atoms with Gasteiger partial charge in [-0.05, 0) is 30.3 Å². The lowest BCUT2D eigenvalue weighted by Gasteiger charge is -2.11. The zero-order valence-electron chi connectivity index (χ0n) is 11.0. The summed E-state index contributed by atoms with van der Waals surface area (Å²) in [6.45, 7) is 0. The maximum Gasteiger partial charge on any atom is 0.417 e. The van der Waals surface area contributed by atoms with E-state index in [0.717, 1.165) is 36.4 Å². The number of benzene rings is 2. The number of nitro benzene ring substituents is 1. The van der Waals surface area contributed by atoms with Crippen molar-refractivity contribution in [2.75, 3.05) is 0 Å². The number of nitro groups is 1. The molecule has 0 unspecified atom stereocenters. The van der Waals surface area contributed by atoms with Crippen LogP contribution in [0.1, 0.15) is 5.56 Å². The summed E-state index contributed by atoms with van der Waals surface area (Å²) in [5.74, 6) is 0. The normalized spacial score (nSPS) is 12.2. The second kappa shape index (κ2) is 5.82. The third kappa shape index (κ3) is 3.45. The fourth-order valence-electron chi connectivity index (χ4n) is 1.77. The first-order valence-corrected chi connectivity index (χ1v) is 7.76. The van der Waals surface area contributed by atoms with E-state index in [0.29, 0.717) is 6.07 Å². The number of hydrogen-bond donors (Lipinski definition) is 0. The van der Waals surface area contributed by atoms with Crippen LogP contribution in [0.15, 0.2) is 52.3 Å². The van der Waals surface area contributed by atoms with E-state index in [1.165, 1.54) is 0 Å². The van der Waals surface area contributed by atoms with Gasteiger partial charge in [0.05, 0.1) is 25.3 Å². The second-order valence-electron chi connectivity index (χ2n) is 4.39. The first kappa shape index (κ1) is 17.2. The predicted molar refractivity (Wildman–Crippen MR) is 75.0 cm³/mol. The fraction of sp³-hybridized carbons (Fsp3) is 0.0769. The highest BCUT2D eigenvalue weighted by Crippen LogP contribution is 2.37. The standard InChI is InChI=1S/C13H7ClF3NO4S/c14-12-6-5-10(7-11(12)13(15,16)17)23(21,22)9-3-1-8(2-4-9)18(19)20/h1-7H. The molecule has 0 amide bonds. The van der Waals surface area contributed by atoms with Gasteiger partial charge in [-0.15, -0.1) is 0 Å². The molecule has 0 aliphatic carbocycles. The van der Waals surface area contributed by atoms with Crippen LogP contribution >= 0.6 is 11.6 Å². The maximum absolute atomic E-state index is 12.8. The summed E-state index contributed by atoms with van der Waals surface area (Å²) in [5.41, 5.74) is -1.61. The molecule has 0 bridgehead atoms. The Balaban J connectivity index is 2.54. The summed E-state index contributed by atoms with van der Waals surface area (Å²) < 4.78 is 63.1. The average molecular weight is 366 g/mol. The van der Waals surface area contributed by atoms with Crippen molar-refractivity contribution >= 4 is 27.1 Å². The molecule has 0 spiro atoms. The lowest BCUT2D eigenvalue weighted by Crippen LogP contribution is -2.09. The summed E-state index contributed by atoms with van der Waals surface area (Å²) >= 11 is 5.44. The topological polar surface area (TPSA) is 77.3 Å². The summed E-state index contributed by atoms with van der Waals surface area (Å²) in [4.78, 5) is 8.85. The first-order chi connectivity index (χ1) is 10.5. The molecule has 5 nitrogen and oxygen atoms in total. The minimum atomic E-state index is -4.81. The van der Waals surface area contributed by atoms with Crippen LogP contribution in [0.5, 0.6) is 0 Å². The van der Waals surface area contributed by atoms with Gasteiger partial charge in [-0.1, -0.05) is 11.6 Å². The Bertz CT molecular complexity index is 864. The molecule has 2 aromatic carbocycles. The summed E-state index contributed by atoms with van der Waals surface area (Å²) in [5, 5.41) is 9.92. The van der Waals surface area contributed by atoms with Gasteiger partial charge in [-0.2, -0.15) is 13.2 Å². The Morgan fingerprint density at radius 2 is 1.52 bits per heavy atom. The van der Waals surface area contributed by atoms with Gasteiger partial charge in [-0.25, -0.2) is 8.42 Å². The van der Waals surface area contributed by atoms with Crippen molar-refractivity contribution in [1.82, 2.24) is 0 Å². The van der Waals surface area contributed by atoms with E-state index in [1.807, 2.05) is 0 Å². The number of hydrogen-bond acceptors (Lipinski definition) is 4. The zero-order valence-corrected chi connectivity index (χ0v) is 12.6. The molecule has 0 heterocycles. The van der Waals surface area contributed by atoms with Gasteiger partial charge in [0, 0.05) is 12.1 Å². The number of sulfone groups is 1. The predicted octanol–water partition coefficient (Wildman–Crippen LogP) is 4.10. The molecule has 0 saturated heterocycles. The monoisotopic (exact) mass is 365 g/mol. The molecule has 0 N–H and O–H groups in total. The van der Waals surface area contributed by atoms with Crippen LogP contribution in [0, 0.1) is 10.1 Å². The van der Waals surface area contributed by atoms with Gasteiger partial charge >= 0.3 is 6.18 Å². The number of rotatable bonds is 3. The van der Waals surface area contributed by atoms with Crippen LogP contribution in [0.2, 0.25) is 5.02 Å². The number of halogens is 4. The van der Waals surface area contributed by atoms with Crippen molar-refractivity contribution in [3.05, 3.63) is 63.2 Å². The van der Waals surface area contributed by atoms with Crippen molar-refractivity contribution in [3.8, 4) is 0 Å². The van der Waals surface area contributed by atoms with Crippen molar-refractivity contribution in [3.63, 3.8) is 0 Å². The Hall–Kier alpha value is -2.13. The van der Waals surface area contributed by atoms with Crippen molar-refractivity contribution in [2.45, 2.75) is 16.0 Å². The minimum Gasteiger partial charge on any atom is -0.258 e. The van der Waals surface area contributed by atoms with E-state index >= 15 is 0 Å². The van der Waals surface area contributed by atoms with Gasteiger partial charge in [0.1, 0.15) is 0 Å². The number of nitrogens with zero attached hydrogens (tertiary/aromatic N) is 1. The molecule has 0 aliphatic rings. The molecule has 0 atom stereocenters. The third-order valence-electron chi connectivity index (χ3n) is 2.91. The molecule has 2 aromatic rings. The van der Waals surface area contributed by atoms with Crippen LogP contribution in [-0.2, 0) is 16.0 Å². The highest BCUT2D eigenvalue weighted by atomic mass is 35.5. The Kier molecular flexibility index (Phi) is 4.36. The summed E-state index contributed by atoms with van der Waals surface area (Å²) in [6, 6.07) is 6.02. The molecule has 122 valence electrons. The molecular formula is C13H7ClF3NO4S. The molecule has 0 radical (unpaired) electrons. The van der Waals surface area contributed by atoms with Gasteiger partial charge < -0.3 is 0 Å². The van der Waals surface area contributed by atoms with Gasteiger partial charge in [-0.3, -0.25) is 10.1 Å². The molecule has 0 fully saturated rings. The molecular weight excluding hydrogens is 359 g/mol. The first-order valence-electron chi connectivity index (χ1n) is 5.90. The number of non-ortho nitro benzene ring substituents is 1. The quantitative estimate of drug-likeness (QED) is 0.606. The van der Waals surface area contributed by atoms with Crippen molar-refractivity contribution in [2.24, 2.45) is 0 Å². The Morgan fingerprint density at radius 1 is 1.00 bits per heavy atom. The molecule has 10 heteroatoms. The Labute approximate surface area is 133 Å². The van der Waals surface area contributed by atoms with Crippen molar-refractivity contribution < 1.29 is 26.5 Å². The van der Waals surface area contributed by atoms with Crippen LogP contribution < -0.4 is 0 Å². The van der Waals surface area contributed by atoms with Gasteiger partial charge in [0.2, 0.25) is 9.84 Å². The van der Waals surface area contributed by atoms with E-state index in [2.05, 4.69) is 0 Å². The van der Waals surface area contributed by atoms with Gasteiger partial charge in [0.15, 0.2) is 0 Å². The molecule has 0 aromatic heterocycles. The van der Waals surface area contributed by atoms with E-state index < -0.39 is 36.4 Å². The molecule has 0 aliphatic heterocycles. The summed E-state index contributed by atoms with van der Waals surface area (Å²) in [7, 11) is -4.26. The van der Waals surface area contributed by atoms with E-state index in [1.54, 1.807) is 0 Å². The third-order valence-corrected chi connectivity index (χ3v) is 5.01. The molecule has 23 heavy (non-hydrogen) atoms. The second-order valence-corrected chi connectivity index (χ2v) is 6.75. The minimum absolute atomic E-state index is 0.337.